The Morgan fingerprint density at radius 1 is 1.32 bits per heavy atom. The zero-order chi connectivity index (χ0) is 13.2. The van der Waals surface area contributed by atoms with Crippen LogP contribution in [0.5, 0.6) is 0 Å². The molecule has 0 aliphatic heterocycles. The van der Waals surface area contributed by atoms with E-state index in [2.05, 4.69) is 14.1 Å². The van der Waals surface area contributed by atoms with Crippen molar-refractivity contribution in [3.05, 3.63) is 46.2 Å². The summed E-state index contributed by atoms with van der Waals surface area (Å²) in [6.07, 6.45) is 1.57. The van der Waals surface area contributed by atoms with Gasteiger partial charge in [-0.1, -0.05) is 0 Å². The number of benzene rings is 1. The molecule has 19 heavy (non-hydrogen) atoms. The molecular weight excluding hydrogens is 268 g/mol. The van der Waals surface area contributed by atoms with Gasteiger partial charge >= 0.3 is 0 Å². The van der Waals surface area contributed by atoms with E-state index in [-0.39, 0.29) is 5.69 Å². The fourth-order valence-electron chi connectivity index (χ4n) is 1.76. The van der Waals surface area contributed by atoms with Crippen LogP contribution < -0.4 is 5.32 Å². The first kappa shape index (κ1) is 11.6. The molecule has 0 unspecified atom stereocenters. The summed E-state index contributed by atoms with van der Waals surface area (Å²) in [5.74, 6) is 0.634. The quantitative estimate of drug-likeness (QED) is 0.581. The normalized spacial score (nSPS) is 10.7. The van der Waals surface area contributed by atoms with Crippen LogP contribution in [0.15, 0.2) is 34.9 Å². The Hall–Kier alpha value is -2.48. The van der Waals surface area contributed by atoms with Gasteiger partial charge in [-0.25, -0.2) is 0 Å². The van der Waals surface area contributed by atoms with Gasteiger partial charge in [0, 0.05) is 24.2 Å². The number of aromatic nitrogens is 2. The molecular formula is C11H8N4O3S. The van der Waals surface area contributed by atoms with E-state index in [0.717, 1.165) is 17.3 Å². The highest BCUT2D eigenvalue weighted by molar-refractivity contribution is 7.00. The van der Waals surface area contributed by atoms with E-state index >= 15 is 0 Å². The number of nitro benzene ring substituents is 1. The van der Waals surface area contributed by atoms with Gasteiger partial charge in [-0.3, -0.25) is 10.1 Å². The van der Waals surface area contributed by atoms with E-state index in [1.807, 2.05) is 0 Å². The molecule has 0 saturated carbocycles. The van der Waals surface area contributed by atoms with E-state index in [9.17, 15) is 10.1 Å². The summed E-state index contributed by atoms with van der Waals surface area (Å²) in [5, 5.41) is 14.0. The standard InChI is InChI=1S/C11H8N4O3S/c16-15(17)8-4-3-7(10-11(8)14-19-13-10)6-12-9-2-1-5-18-9/h1-5,12H,6H2. The van der Waals surface area contributed by atoms with Gasteiger partial charge in [0.05, 0.1) is 22.9 Å². The monoisotopic (exact) mass is 276 g/mol. The zero-order valence-corrected chi connectivity index (χ0v) is 10.4. The van der Waals surface area contributed by atoms with Gasteiger partial charge < -0.3 is 9.73 Å². The Kier molecular flexibility index (Phi) is 2.84. The van der Waals surface area contributed by atoms with Gasteiger partial charge in [0.1, 0.15) is 5.52 Å². The van der Waals surface area contributed by atoms with Crippen LogP contribution in [0, 0.1) is 10.1 Å². The lowest BCUT2D eigenvalue weighted by molar-refractivity contribution is -0.383. The third kappa shape index (κ3) is 2.13. The second-order valence-corrected chi connectivity index (χ2v) is 4.32. The van der Waals surface area contributed by atoms with Crippen molar-refractivity contribution in [2.24, 2.45) is 0 Å². The van der Waals surface area contributed by atoms with Crippen LogP contribution in [0.2, 0.25) is 0 Å². The maximum atomic E-state index is 10.9. The predicted octanol–water partition coefficient (Wildman–Crippen LogP) is 2.80. The number of hydrogen-bond acceptors (Lipinski definition) is 7. The average molecular weight is 276 g/mol. The van der Waals surface area contributed by atoms with Crippen LogP contribution in [0.1, 0.15) is 5.56 Å². The highest BCUT2D eigenvalue weighted by Crippen LogP contribution is 2.27. The Labute approximate surface area is 111 Å². The van der Waals surface area contributed by atoms with E-state index in [4.69, 9.17) is 4.42 Å². The van der Waals surface area contributed by atoms with Crippen LogP contribution in [0.4, 0.5) is 11.6 Å². The molecule has 0 aliphatic rings. The number of nitro groups is 1. The van der Waals surface area contributed by atoms with Crippen LogP contribution in [-0.2, 0) is 6.54 Å². The summed E-state index contributed by atoms with van der Waals surface area (Å²) in [4.78, 5) is 10.4. The van der Waals surface area contributed by atoms with E-state index in [1.165, 1.54) is 6.07 Å². The number of rotatable bonds is 4. The zero-order valence-electron chi connectivity index (χ0n) is 9.57. The maximum Gasteiger partial charge on any atom is 0.298 e. The van der Waals surface area contributed by atoms with Crippen molar-refractivity contribution in [2.75, 3.05) is 5.32 Å². The molecule has 8 heteroatoms. The highest BCUT2D eigenvalue weighted by atomic mass is 32.1. The molecule has 0 fully saturated rings. The lowest BCUT2D eigenvalue weighted by atomic mass is 10.1. The Morgan fingerprint density at radius 2 is 2.16 bits per heavy atom. The van der Waals surface area contributed by atoms with E-state index < -0.39 is 4.92 Å². The van der Waals surface area contributed by atoms with Gasteiger partial charge in [0.2, 0.25) is 0 Å². The van der Waals surface area contributed by atoms with Gasteiger partial charge in [-0.15, -0.1) is 0 Å². The minimum absolute atomic E-state index is 0.0227. The van der Waals surface area contributed by atoms with Crippen LogP contribution >= 0.6 is 11.7 Å². The fraction of sp³-hybridized carbons (Fsp3) is 0.0909. The van der Waals surface area contributed by atoms with Crippen molar-refractivity contribution in [1.82, 2.24) is 8.75 Å². The van der Waals surface area contributed by atoms with Crippen molar-refractivity contribution in [2.45, 2.75) is 6.54 Å². The number of furan rings is 1. The molecule has 0 radical (unpaired) electrons. The van der Waals surface area contributed by atoms with Crippen molar-refractivity contribution in [3.8, 4) is 0 Å². The summed E-state index contributed by atoms with van der Waals surface area (Å²) < 4.78 is 13.3. The average Bonchev–Trinajstić information content (AvgIpc) is 3.06. The van der Waals surface area contributed by atoms with Gasteiger partial charge in [-0.2, -0.15) is 8.75 Å². The molecule has 2 aromatic heterocycles. The summed E-state index contributed by atoms with van der Waals surface area (Å²) in [7, 11) is 0. The number of non-ortho nitro benzene ring substituents is 1. The topological polar surface area (TPSA) is 94.1 Å². The Balaban J connectivity index is 1.94. The first-order valence-electron chi connectivity index (χ1n) is 5.41. The minimum atomic E-state index is -0.451. The van der Waals surface area contributed by atoms with Gasteiger partial charge in [-0.05, 0) is 12.1 Å². The SMILES string of the molecule is O=[N+]([O-])c1ccc(CNc2ccco2)c2nsnc12. The summed E-state index contributed by atoms with van der Waals surface area (Å²) in [6, 6.07) is 6.70. The van der Waals surface area contributed by atoms with Crippen LogP contribution in [0.25, 0.3) is 11.0 Å². The largest absolute Gasteiger partial charge is 0.449 e. The first-order valence-corrected chi connectivity index (χ1v) is 6.14. The lowest BCUT2D eigenvalue weighted by Gasteiger charge is -2.03. The second kappa shape index (κ2) is 4.65. The number of hydrogen-bond donors (Lipinski definition) is 1. The molecule has 7 nitrogen and oxygen atoms in total. The molecule has 3 aromatic rings. The molecule has 0 aliphatic carbocycles. The molecule has 1 N–H and O–H groups in total. The molecule has 0 spiro atoms. The van der Waals surface area contributed by atoms with Crippen molar-refractivity contribution >= 4 is 34.3 Å². The molecule has 1 aromatic carbocycles. The molecule has 0 saturated heterocycles. The number of nitrogens with one attached hydrogen (secondary N) is 1. The van der Waals surface area contributed by atoms with Crippen molar-refractivity contribution in [1.29, 1.82) is 0 Å². The molecule has 0 amide bonds. The fourth-order valence-corrected chi connectivity index (χ4v) is 2.34. The third-order valence-corrected chi connectivity index (χ3v) is 3.18. The summed E-state index contributed by atoms with van der Waals surface area (Å²) in [6.45, 7) is 0.466. The summed E-state index contributed by atoms with van der Waals surface area (Å²) in [5.41, 5.74) is 1.70. The van der Waals surface area contributed by atoms with E-state index in [0.29, 0.717) is 23.5 Å². The molecule has 2 heterocycles. The summed E-state index contributed by atoms with van der Waals surface area (Å²) >= 11 is 0.966. The van der Waals surface area contributed by atoms with Gasteiger partial charge in [0.25, 0.3) is 5.69 Å². The van der Waals surface area contributed by atoms with Gasteiger partial charge in [0.15, 0.2) is 11.4 Å². The number of anilines is 1. The smallest absolute Gasteiger partial charge is 0.298 e. The van der Waals surface area contributed by atoms with Crippen LogP contribution in [-0.4, -0.2) is 13.7 Å². The third-order valence-electron chi connectivity index (χ3n) is 2.65. The van der Waals surface area contributed by atoms with Crippen molar-refractivity contribution < 1.29 is 9.34 Å². The highest BCUT2D eigenvalue weighted by Gasteiger charge is 2.17. The van der Waals surface area contributed by atoms with E-state index in [1.54, 1.807) is 24.5 Å². The lowest BCUT2D eigenvalue weighted by Crippen LogP contribution is -2.00. The Bertz CT molecular complexity index is 723. The minimum Gasteiger partial charge on any atom is -0.449 e. The molecule has 0 atom stereocenters. The van der Waals surface area contributed by atoms with Crippen molar-refractivity contribution in [3.63, 3.8) is 0 Å². The second-order valence-electron chi connectivity index (χ2n) is 3.79. The van der Waals surface area contributed by atoms with Crippen LogP contribution in [0.3, 0.4) is 0 Å². The molecule has 96 valence electrons. The molecule has 0 bridgehead atoms. The molecule has 3 rings (SSSR count). The number of fused-ring (bicyclic) bond motifs is 1. The maximum absolute atomic E-state index is 10.9. The predicted molar refractivity (Wildman–Crippen MR) is 70.1 cm³/mol. The number of nitrogens with zero attached hydrogens (tertiary/aromatic N) is 3. The Morgan fingerprint density at radius 3 is 2.89 bits per heavy atom. The first-order chi connectivity index (χ1) is 9.25.